The topological polar surface area (TPSA) is 45.5 Å². The van der Waals surface area contributed by atoms with E-state index in [1.165, 1.54) is 18.4 Å². The highest BCUT2D eigenvalue weighted by Gasteiger charge is 2.16. The van der Waals surface area contributed by atoms with Crippen LogP contribution in [0.1, 0.15) is 35.3 Å². The Balaban J connectivity index is 1.50. The first-order valence-corrected chi connectivity index (χ1v) is 10.2. The van der Waals surface area contributed by atoms with Gasteiger partial charge >= 0.3 is 0 Å². The van der Waals surface area contributed by atoms with Crippen LogP contribution in [-0.4, -0.2) is 23.9 Å². The van der Waals surface area contributed by atoms with E-state index in [4.69, 9.17) is 4.42 Å². The molecule has 0 unspecified atom stereocenters. The molecule has 2 aromatic carbocycles. The van der Waals surface area contributed by atoms with Crippen LogP contribution >= 0.6 is 0 Å². The van der Waals surface area contributed by atoms with Gasteiger partial charge in [0.2, 0.25) is 0 Å². The van der Waals surface area contributed by atoms with Crippen LogP contribution in [0.2, 0.25) is 0 Å². The number of rotatable bonds is 7. The fourth-order valence-corrected chi connectivity index (χ4v) is 3.75. The number of hydrogen-bond acceptors (Lipinski definition) is 3. The zero-order valence-corrected chi connectivity index (χ0v) is 16.5. The van der Waals surface area contributed by atoms with Gasteiger partial charge in [-0.15, -0.1) is 0 Å². The Bertz CT molecular complexity index is 956. The number of hydrogen-bond donors (Lipinski definition) is 1. The highest BCUT2D eigenvalue weighted by Crippen LogP contribution is 2.20. The number of likely N-dealkylation sites (tertiary alicyclic amines) is 1. The minimum Gasteiger partial charge on any atom is -0.465 e. The Kier molecular flexibility index (Phi) is 6.22. The molecule has 0 atom stereocenters. The minimum absolute atomic E-state index is 0.108. The van der Waals surface area contributed by atoms with Gasteiger partial charge in [0.1, 0.15) is 5.76 Å². The second-order valence-corrected chi connectivity index (χ2v) is 7.37. The summed E-state index contributed by atoms with van der Waals surface area (Å²) in [6.07, 6.45) is 5.95. The summed E-state index contributed by atoms with van der Waals surface area (Å²) >= 11 is 0. The Hall–Kier alpha value is -3.11. The van der Waals surface area contributed by atoms with Crippen molar-refractivity contribution in [2.45, 2.75) is 25.9 Å². The van der Waals surface area contributed by atoms with Crippen LogP contribution in [0.3, 0.4) is 0 Å². The van der Waals surface area contributed by atoms with Gasteiger partial charge in [-0.25, -0.2) is 0 Å². The standard InChI is InChI=1S/C25H26N2O2/c28-25(24(17-23-13-8-16-29-23)20-9-2-1-3-10-20)26-18-21-11-4-5-12-22(21)19-27-14-6-7-15-27/h1-5,8-13,16-17H,6-7,14-15,18-19H2,(H,26,28)/b24-17+. The molecule has 1 aromatic heterocycles. The van der Waals surface area contributed by atoms with Gasteiger partial charge in [-0.3, -0.25) is 9.69 Å². The van der Waals surface area contributed by atoms with Crippen LogP contribution in [0.25, 0.3) is 11.6 Å². The average molecular weight is 386 g/mol. The fourth-order valence-electron chi connectivity index (χ4n) is 3.75. The smallest absolute Gasteiger partial charge is 0.252 e. The zero-order valence-electron chi connectivity index (χ0n) is 16.5. The summed E-state index contributed by atoms with van der Waals surface area (Å²) in [6.45, 7) is 3.76. The summed E-state index contributed by atoms with van der Waals surface area (Å²) < 4.78 is 5.43. The van der Waals surface area contributed by atoms with Gasteiger partial charge in [0.15, 0.2) is 0 Å². The van der Waals surface area contributed by atoms with Crippen molar-refractivity contribution in [3.8, 4) is 0 Å². The molecule has 0 bridgehead atoms. The van der Waals surface area contributed by atoms with E-state index in [1.807, 2.05) is 48.5 Å². The number of nitrogens with one attached hydrogen (secondary N) is 1. The lowest BCUT2D eigenvalue weighted by molar-refractivity contribution is -0.115. The second kappa shape index (κ2) is 9.39. The van der Waals surface area contributed by atoms with Crippen molar-refractivity contribution in [1.29, 1.82) is 0 Å². The van der Waals surface area contributed by atoms with Crippen LogP contribution in [0.15, 0.2) is 77.4 Å². The molecule has 1 N–H and O–H groups in total. The molecular formula is C25H26N2O2. The first-order valence-electron chi connectivity index (χ1n) is 10.2. The second-order valence-electron chi connectivity index (χ2n) is 7.37. The molecule has 2 heterocycles. The number of benzene rings is 2. The Morgan fingerprint density at radius 3 is 2.38 bits per heavy atom. The van der Waals surface area contributed by atoms with Crippen LogP contribution in [0.5, 0.6) is 0 Å². The number of carbonyl (C=O) groups excluding carboxylic acids is 1. The van der Waals surface area contributed by atoms with Crippen molar-refractivity contribution < 1.29 is 9.21 Å². The molecular weight excluding hydrogens is 360 g/mol. The zero-order chi connectivity index (χ0) is 19.9. The lowest BCUT2D eigenvalue weighted by atomic mass is 10.0. The van der Waals surface area contributed by atoms with E-state index in [1.54, 1.807) is 12.3 Å². The van der Waals surface area contributed by atoms with Gasteiger partial charge in [0.25, 0.3) is 5.91 Å². The highest BCUT2D eigenvalue weighted by atomic mass is 16.3. The Morgan fingerprint density at radius 1 is 0.931 bits per heavy atom. The maximum atomic E-state index is 13.1. The van der Waals surface area contributed by atoms with Gasteiger partial charge in [0.05, 0.1) is 11.8 Å². The SMILES string of the molecule is O=C(NCc1ccccc1CN1CCCC1)/C(=C/c1ccco1)c1ccccc1. The van der Waals surface area contributed by atoms with E-state index >= 15 is 0 Å². The van der Waals surface area contributed by atoms with Gasteiger partial charge in [-0.2, -0.15) is 0 Å². The number of nitrogens with zero attached hydrogens (tertiary/aromatic N) is 1. The minimum atomic E-state index is -0.108. The van der Waals surface area contributed by atoms with Gasteiger partial charge in [0, 0.05) is 13.1 Å². The molecule has 0 spiro atoms. The van der Waals surface area contributed by atoms with E-state index in [2.05, 4.69) is 28.4 Å². The molecule has 1 aliphatic rings. The summed E-state index contributed by atoms with van der Waals surface area (Å²) in [5.41, 5.74) is 3.91. The third-order valence-electron chi connectivity index (χ3n) is 5.31. The van der Waals surface area contributed by atoms with E-state index in [0.29, 0.717) is 17.9 Å². The third-order valence-corrected chi connectivity index (χ3v) is 5.31. The van der Waals surface area contributed by atoms with Crippen molar-refractivity contribution in [1.82, 2.24) is 10.2 Å². The molecule has 1 fully saturated rings. The predicted molar refractivity (Wildman–Crippen MR) is 116 cm³/mol. The fraction of sp³-hybridized carbons (Fsp3) is 0.240. The first-order chi connectivity index (χ1) is 14.3. The van der Waals surface area contributed by atoms with Crippen molar-refractivity contribution >= 4 is 17.6 Å². The molecule has 1 amide bonds. The normalized spacial score (nSPS) is 14.8. The summed E-state index contributed by atoms with van der Waals surface area (Å²) in [5.74, 6) is 0.553. The highest BCUT2D eigenvalue weighted by molar-refractivity contribution is 6.24. The molecule has 4 heteroatoms. The van der Waals surface area contributed by atoms with Crippen molar-refractivity contribution in [3.63, 3.8) is 0 Å². The largest absolute Gasteiger partial charge is 0.465 e. The maximum absolute atomic E-state index is 13.1. The quantitative estimate of drug-likeness (QED) is 0.597. The van der Waals surface area contributed by atoms with Crippen LogP contribution in [0, 0.1) is 0 Å². The summed E-state index contributed by atoms with van der Waals surface area (Å²) in [4.78, 5) is 15.5. The van der Waals surface area contributed by atoms with Crippen molar-refractivity contribution in [2.75, 3.05) is 13.1 Å². The van der Waals surface area contributed by atoms with E-state index < -0.39 is 0 Å². The molecule has 4 nitrogen and oxygen atoms in total. The first kappa shape index (κ1) is 19.2. The molecule has 148 valence electrons. The lowest BCUT2D eigenvalue weighted by Crippen LogP contribution is -2.25. The van der Waals surface area contributed by atoms with Gasteiger partial charge < -0.3 is 9.73 Å². The maximum Gasteiger partial charge on any atom is 0.252 e. The summed E-state index contributed by atoms with van der Waals surface area (Å²) in [7, 11) is 0. The molecule has 0 radical (unpaired) electrons. The van der Waals surface area contributed by atoms with E-state index in [0.717, 1.165) is 30.8 Å². The van der Waals surface area contributed by atoms with Gasteiger partial charge in [-0.05, 0) is 60.8 Å². The number of amides is 1. The molecule has 0 aliphatic carbocycles. The van der Waals surface area contributed by atoms with Crippen LogP contribution in [0.4, 0.5) is 0 Å². The number of furan rings is 1. The molecule has 1 aliphatic heterocycles. The van der Waals surface area contributed by atoms with Crippen LogP contribution < -0.4 is 5.32 Å². The number of carbonyl (C=O) groups is 1. The molecule has 1 saturated heterocycles. The third kappa shape index (κ3) is 5.04. The van der Waals surface area contributed by atoms with Gasteiger partial charge in [-0.1, -0.05) is 54.6 Å². The van der Waals surface area contributed by atoms with Crippen molar-refractivity contribution in [2.24, 2.45) is 0 Å². The summed E-state index contributed by atoms with van der Waals surface area (Å²) in [6, 6.07) is 21.7. The Morgan fingerprint density at radius 2 is 1.66 bits per heavy atom. The molecule has 4 rings (SSSR count). The van der Waals surface area contributed by atoms with Crippen molar-refractivity contribution in [3.05, 3.63) is 95.4 Å². The molecule has 0 saturated carbocycles. The van der Waals surface area contributed by atoms with E-state index in [9.17, 15) is 4.79 Å². The molecule has 3 aromatic rings. The predicted octanol–water partition coefficient (Wildman–Crippen LogP) is 4.73. The Labute approximate surface area is 171 Å². The van der Waals surface area contributed by atoms with Crippen LogP contribution in [-0.2, 0) is 17.9 Å². The molecule has 29 heavy (non-hydrogen) atoms. The monoisotopic (exact) mass is 386 g/mol. The van der Waals surface area contributed by atoms with E-state index in [-0.39, 0.29) is 5.91 Å². The average Bonchev–Trinajstić information content (AvgIpc) is 3.46. The lowest BCUT2D eigenvalue weighted by Gasteiger charge is -2.18. The summed E-state index contributed by atoms with van der Waals surface area (Å²) in [5, 5.41) is 3.11.